The standard InChI is InChI=1S/C13H16N4O3S3/c1-8(21-13-16-15-12(14-2)22-13)11(18)9-4-6-10(7-5-9)17-23(3,19)20/h4-8,17H,1-3H3,(H,14,15)/t8-/m0/s1. The maximum atomic E-state index is 12.4. The van der Waals surface area contributed by atoms with Crippen LogP contribution in [0, 0.1) is 0 Å². The van der Waals surface area contributed by atoms with Gasteiger partial charge in [-0.1, -0.05) is 23.1 Å². The van der Waals surface area contributed by atoms with Crippen LogP contribution in [0.15, 0.2) is 28.6 Å². The Bertz CT molecular complexity index is 787. The number of carbonyl (C=O) groups is 1. The van der Waals surface area contributed by atoms with E-state index in [9.17, 15) is 13.2 Å². The van der Waals surface area contributed by atoms with Crippen molar-refractivity contribution in [2.45, 2.75) is 16.5 Å². The lowest BCUT2D eigenvalue weighted by molar-refractivity contribution is 0.0994. The highest BCUT2D eigenvalue weighted by molar-refractivity contribution is 8.02. The van der Waals surface area contributed by atoms with Gasteiger partial charge >= 0.3 is 0 Å². The van der Waals surface area contributed by atoms with Crippen molar-refractivity contribution >= 4 is 49.7 Å². The van der Waals surface area contributed by atoms with Crippen LogP contribution in [-0.4, -0.2) is 43.0 Å². The summed E-state index contributed by atoms with van der Waals surface area (Å²) in [4.78, 5) is 12.4. The molecule has 2 aromatic rings. The first-order valence-corrected chi connectivity index (χ1v) is 10.2. The third-order valence-electron chi connectivity index (χ3n) is 2.74. The van der Waals surface area contributed by atoms with Crippen molar-refractivity contribution in [2.24, 2.45) is 0 Å². The van der Waals surface area contributed by atoms with E-state index in [1.807, 2.05) is 0 Å². The molecular weight excluding hydrogens is 356 g/mol. The van der Waals surface area contributed by atoms with Gasteiger partial charge in [0.1, 0.15) is 0 Å². The van der Waals surface area contributed by atoms with E-state index in [0.29, 0.717) is 20.7 Å². The first-order valence-electron chi connectivity index (χ1n) is 6.58. The van der Waals surface area contributed by atoms with Gasteiger partial charge in [-0.2, -0.15) is 0 Å². The Labute approximate surface area is 143 Å². The first-order chi connectivity index (χ1) is 10.8. The molecule has 7 nitrogen and oxygen atoms in total. The van der Waals surface area contributed by atoms with Gasteiger partial charge in [0.15, 0.2) is 10.1 Å². The number of anilines is 2. The van der Waals surface area contributed by atoms with Crippen LogP contribution in [0.1, 0.15) is 17.3 Å². The van der Waals surface area contributed by atoms with Gasteiger partial charge in [-0.15, -0.1) is 10.2 Å². The molecule has 0 aliphatic heterocycles. The molecule has 10 heteroatoms. The van der Waals surface area contributed by atoms with Gasteiger partial charge in [-0.3, -0.25) is 9.52 Å². The number of benzene rings is 1. The topological polar surface area (TPSA) is 101 Å². The lowest BCUT2D eigenvalue weighted by atomic mass is 10.1. The largest absolute Gasteiger partial charge is 0.363 e. The molecule has 0 fully saturated rings. The van der Waals surface area contributed by atoms with Crippen molar-refractivity contribution in [1.82, 2.24) is 10.2 Å². The summed E-state index contributed by atoms with van der Waals surface area (Å²) in [6.45, 7) is 1.80. The molecule has 0 aliphatic carbocycles. The Hall–Kier alpha value is -1.65. The molecule has 2 rings (SSSR count). The lowest BCUT2D eigenvalue weighted by Crippen LogP contribution is -2.14. The van der Waals surface area contributed by atoms with Crippen molar-refractivity contribution in [3.8, 4) is 0 Å². The van der Waals surface area contributed by atoms with Crippen molar-refractivity contribution < 1.29 is 13.2 Å². The maximum Gasteiger partial charge on any atom is 0.229 e. The molecular formula is C13H16N4O3S3. The minimum atomic E-state index is -3.33. The molecule has 0 saturated carbocycles. The van der Waals surface area contributed by atoms with Crippen molar-refractivity contribution in [3.63, 3.8) is 0 Å². The Morgan fingerprint density at radius 2 is 1.91 bits per heavy atom. The Morgan fingerprint density at radius 3 is 2.43 bits per heavy atom. The van der Waals surface area contributed by atoms with Crippen LogP contribution in [-0.2, 0) is 10.0 Å². The highest BCUT2D eigenvalue weighted by Crippen LogP contribution is 2.30. The number of nitrogens with zero attached hydrogens (tertiary/aromatic N) is 2. The molecule has 0 amide bonds. The average molecular weight is 372 g/mol. The summed E-state index contributed by atoms with van der Waals surface area (Å²) in [5.41, 5.74) is 0.939. The van der Waals surface area contributed by atoms with Gasteiger partial charge in [0.25, 0.3) is 0 Å². The van der Waals surface area contributed by atoms with Gasteiger partial charge in [0.2, 0.25) is 15.2 Å². The van der Waals surface area contributed by atoms with E-state index in [-0.39, 0.29) is 11.0 Å². The van der Waals surface area contributed by atoms with Crippen LogP contribution in [0.25, 0.3) is 0 Å². The van der Waals surface area contributed by atoms with Crippen LogP contribution in [0.4, 0.5) is 10.8 Å². The number of sulfonamides is 1. The van der Waals surface area contributed by atoms with Crippen LogP contribution >= 0.6 is 23.1 Å². The number of Topliss-reactive ketones (excluding diaryl/α,β-unsaturated/α-hetero) is 1. The Kier molecular flexibility index (Phi) is 5.60. The van der Waals surface area contributed by atoms with E-state index >= 15 is 0 Å². The number of hydrogen-bond donors (Lipinski definition) is 2. The van der Waals surface area contributed by atoms with Crippen molar-refractivity contribution in [3.05, 3.63) is 29.8 Å². The van der Waals surface area contributed by atoms with Gasteiger partial charge < -0.3 is 5.32 Å². The molecule has 1 atom stereocenters. The minimum Gasteiger partial charge on any atom is -0.363 e. The smallest absolute Gasteiger partial charge is 0.229 e. The molecule has 0 spiro atoms. The molecule has 0 unspecified atom stereocenters. The zero-order chi connectivity index (χ0) is 17.0. The van der Waals surface area contributed by atoms with Crippen LogP contribution < -0.4 is 10.0 Å². The quantitative estimate of drug-likeness (QED) is 0.568. The number of aromatic nitrogens is 2. The third kappa shape index (κ3) is 5.19. The van der Waals surface area contributed by atoms with Gasteiger partial charge in [0.05, 0.1) is 11.5 Å². The Morgan fingerprint density at radius 1 is 1.26 bits per heavy atom. The lowest BCUT2D eigenvalue weighted by Gasteiger charge is -2.09. The van der Waals surface area contributed by atoms with Crippen LogP contribution in [0.2, 0.25) is 0 Å². The monoisotopic (exact) mass is 372 g/mol. The van der Waals surface area contributed by atoms with Crippen LogP contribution in [0.5, 0.6) is 0 Å². The zero-order valence-electron chi connectivity index (χ0n) is 12.7. The van der Waals surface area contributed by atoms with Gasteiger partial charge in [0, 0.05) is 18.3 Å². The van der Waals surface area contributed by atoms with E-state index in [2.05, 4.69) is 20.2 Å². The van der Waals surface area contributed by atoms with Gasteiger partial charge in [-0.25, -0.2) is 8.42 Å². The predicted molar refractivity (Wildman–Crippen MR) is 94.0 cm³/mol. The average Bonchev–Trinajstić information content (AvgIpc) is 2.93. The summed E-state index contributed by atoms with van der Waals surface area (Å²) in [7, 11) is -1.57. The number of hydrogen-bond acceptors (Lipinski definition) is 8. The number of rotatable bonds is 7. The summed E-state index contributed by atoms with van der Waals surface area (Å²) in [6, 6.07) is 6.34. The third-order valence-corrected chi connectivity index (χ3v) is 5.47. The van der Waals surface area contributed by atoms with Crippen molar-refractivity contribution in [2.75, 3.05) is 23.3 Å². The molecule has 23 heavy (non-hydrogen) atoms. The number of carbonyl (C=O) groups excluding carboxylic acids is 1. The van der Waals surface area contributed by atoms with E-state index in [1.165, 1.54) is 23.1 Å². The summed E-state index contributed by atoms with van der Waals surface area (Å²) in [5, 5.41) is 11.2. The summed E-state index contributed by atoms with van der Waals surface area (Å²) >= 11 is 2.72. The summed E-state index contributed by atoms with van der Waals surface area (Å²) in [5.74, 6) is -0.0536. The number of thioether (sulfide) groups is 1. The van der Waals surface area contributed by atoms with E-state index in [4.69, 9.17) is 0 Å². The molecule has 124 valence electrons. The highest BCUT2D eigenvalue weighted by Gasteiger charge is 2.18. The second-order valence-corrected chi connectivity index (χ2v) is 9.01. The molecule has 1 heterocycles. The second-order valence-electron chi connectivity index (χ2n) is 4.70. The zero-order valence-corrected chi connectivity index (χ0v) is 15.2. The second kappa shape index (κ2) is 7.28. The Balaban J connectivity index is 2.04. The molecule has 0 aliphatic rings. The minimum absolute atomic E-state index is 0.0536. The first kappa shape index (κ1) is 17.7. The maximum absolute atomic E-state index is 12.4. The molecule has 0 bridgehead atoms. The molecule has 0 saturated heterocycles. The van der Waals surface area contributed by atoms with Crippen LogP contribution in [0.3, 0.4) is 0 Å². The molecule has 0 radical (unpaired) electrons. The predicted octanol–water partition coefficient (Wildman–Crippen LogP) is 2.31. The summed E-state index contributed by atoms with van der Waals surface area (Å²) < 4.78 is 25.4. The van der Waals surface area contributed by atoms with E-state index < -0.39 is 10.0 Å². The van der Waals surface area contributed by atoms with E-state index in [0.717, 1.165) is 6.26 Å². The highest BCUT2D eigenvalue weighted by atomic mass is 32.2. The number of ketones is 1. The fraction of sp³-hybridized carbons (Fsp3) is 0.308. The summed E-state index contributed by atoms with van der Waals surface area (Å²) in [6.07, 6.45) is 1.08. The molecule has 2 N–H and O–H groups in total. The van der Waals surface area contributed by atoms with E-state index in [1.54, 1.807) is 38.2 Å². The fourth-order valence-corrected chi connectivity index (χ4v) is 4.21. The molecule has 1 aromatic carbocycles. The molecule has 1 aromatic heterocycles. The van der Waals surface area contributed by atoms with Gasteiger partial charge in [-0.05, 0) is 31.2 Å². The fourth-order valence-electron chi connectivity index (χ4n) is 1.71. The number of nitrogens with one attached hydrogen (secondary N) is 2. The SMILES string of the molecule is CNc1nnc(S[C@@H](C)C(=O)c2ccc(NS(C)(=O)=O)cc2)s1. The normalized spacial score (nSPS) is 12.7. The van der Waals surface area contributed by atoms with Crippen molar-refractivity contribution in [1.29, 1.82) is 0 Å².